The number of hydrogen-bond donors (Lipinski definition) is 0. The van der Waals surface area contributed by atoms with Crippen molar-refractivity contribution in [2.45, 2.75) is 25.7 Å². The van der Waals surface area contributed by atoms with Crippen molar-refractivity contribution in [3.63, 3.8) is 0 Å². The lowest BCUT2D eigenvalue weighted by Crippen LogP contribution is -2.45. The fraction of sp³-hybridized carbons (Fsp3) is 0.588. The summed E-state index contributed by atoms with van der Waals surface area (Å²) in [5.41, 5.74) is 2.68. The predicted octanol–water partition coefficient (Wildman–Crippen LogP) is 3.71. The van der Waals surface area contributed by atoms with Crippen LogP contribution in [0.15, 0.2) is 29.3 Å². The summed E-state index contributed by atoms with van der Waals surface area (Å²) in [5.74, 6) is 1.18. The van der Waals surface area contributed by atoms with Gasteiger partial charge in [0.1, 0.15) is 0 Å². The molecule has 0 unspecified atom stereocenters. The lowest BCUT2D eigenvalue weighted by molar-refractivity contribution is 0.235. The highest BCUT2D eigenvalue weighted by Crippen LogP contribution is 2.37. The van der Waals surface area contributed by atoms with Gasteiger partial charge in [-0.15, -0.1) is 34.0 Å². The summed E-state index contributed by atoms with van der Waals surface area (Å²) in [7, 11) is 0. The van der Waals surface area contributed by atoms with Gasteiger partial charge in [0.05, 0.1) is 11.4 Å². The van der Waals surface area contributed by atoms with Crippen LogP contribution in [0.5, 0.6) is 0 Å². The largest absolute Gasteiger partial charge is 0.310 e. The van der Waals surface area contributed by atoms with Crippen LogP contribution in [0.2, 0.25) is 0 Å². The third-order valence-electron chi connectivity index (χ3n) is 4.83. The number of rotatable bonds is 3. The number of anilines is 2. The lowest BCUT2D eigenvalue weighted by Gasteiger charge is -2.30. The molecule has 1 aromatic carbocycles. The van der Waals surface area contributed by atoms with E-state index in [4.69, 9.17) is 4.99 Å². The van der Waals surface area contributed by atoms with E-state index < -0.39 is 0 Å². The van der Waals surface area contributed by atoms with E-state index in [2.05, 4.69) is 39.0 Å². The molecule has 23 heavy (non-hydrogen) atoms. The zero-order chi connectivity index (χ0) is 14.1. The second-order valence-electron chi connectivity index (χ2n) is 6.23. The molecule has 0 aliphatic carbocycles. The minimum absolute atomic E-state index is 0. The maximum absolute atomic E-state index is 4.80. The van der Waals surface area contributed by atoms with Gasteiger partial charge < -0.3 is 14.7 Å². The Hall–Kier alpha value is -0.590. The van der Waals surface area contributed by atoms with Gasteiger partial charge in [0.25, 0.3) is 0 Å². The summed E-state index contributed by atoms with van der Waals surface area (Å²) in [4.78, 5) is 12.2. The van der Waals surface area contributed by atoms with Crippen molar-refractivity contribution in [3.05, 3.63) is 24.3 Å². The van der Waals surface area contributed by atoms with Crippen LogP contribution < -0.4 is 9.80 Å². The van der Waals surface area contributed by atoms with Gasteiger partial charge in [-0.25, -0.2) is 0 Å². The third-order valence-corrected chi connectivity index (χ3v) is 4.83. The molecular formula is C17H26Br2N4. The number of guanidine groups is 1. The maximum Gasteiger partial charge on any atom is 0.205 e. The Labute approximate surface area is 160 Å². The molecule has 3 aliphatic heterocycles. The van der Waals surface area contributed by atoms with E-state index in [9.17, 15) is 0 Å². The minimum Gasteiger partial charge on any atom is -0.310 e. The van der Waals surface area contributed by atoms with Gasteiger partial charge in [-0.3, -0.25) is 4.99 Å². The Morgan fingerprint density at radius 2 is 1.57 bits per heavy atom. The van der Waals surface area contributed by atoms with E-state index in [0.717, 1.165) is 32.6 Å². The van der Waals surface area contributed by atoms with Crippen LogP contribution in [0.25, 0.3) is 0 Å². The van der Waals surface area contributed by atoms with Crippen molar-refractivity contribution in [2.24, 2.45) is 4.99 Å². The van der Waals surface area contributed by atoms with Crippen LogP contribution in [-0.4, -0.2) is 50.1 Å². The molecule has 0 radical (unpaired) electrons. The predicted molar refractivity (Wildman–Crippen MR) is 109 cm³/mol. The average Bonchev–Trinajstić information content (AvgIpc) is 2.88. The first-order chi connectivity index (χ1) is 10.4. The molecule has 6 heteroatoms. The molecule has 3 heterocycles. The van der Waals surface area contributed by atoms with Crippen LogP contribution in [0, 0.1) is 0 Å². The minimum atomic E-state index is 0. The standard InChI is InChI=1S/C17H24N4.2BrH/c1-4-10-19(11-5-1)13-14-21-16-8-3-2-7-15(16)20-12-6-9-18-17(20)21;;/h2-3,7-8H,1,4-6,9-14H2;2*1H. The number of likely N-dealkylation sites (tertiary alicyclic amines) is 1. The van der Waals surface area contributed by atoms with Gasteiger partial charge in [0.2, 0.25) is 5.96 Å². The number of para-hydroxylation sites is 2. The maximum atomic E-state index is 4.80. The number of aliphatic imine (C=N–C) groups is 1. The first-order valence-corrected chi connectivity index (χ1v) is 8.34. The highest BCUT2D eigenvalue weighted by molar-refractivity contribution is 8.93. The summed E-state index contributed by atoms with van der Waals surface area (Å²) in [6.07, 6.45) is 5.30. The van der Waals surface area contributed by atoms with Gasteiger partial charge in [0, 0.05) is 26.2 Å². The van der Waals surface area contributed by atoms with E-state index in [-0.39, 0.29) is 34.0 Å². The quantitative estimate of drug-likeness (QED) is 0.707. The Morgan fingerprint density at radius 1 is 0.826 bits per heavy atom. The Kier molecular flexibility index (Phi) is 6.92. The van der Waals surface area contributed by atoms with Crippen LogP contribution in [0.3, 0.4) is 0 Å². The van der Waals surface area contributed by atoms with Crippen molar-refractivity contribution in [2.75, 3.05) is 49.1 Å². The van der Waals surface area contributed by atoms with E-state index in [1.165, 1.54) is 49.7 Å². The Bertz CT molecular complexity index is 543. The second-order valence-corrected chi connectivity index (χ2v) is 6.23. The molecule has 1 fully saturated rings. The number of hydrogen-bond acceptors (Lipinski definition) is 4. The van der Waals surface area contributed by atoms with Gasteiger partial charge >= 0.3 is 0 Å². The normalized spacial score (nSPS) is 20.1. The zero-order valence-corrected chi connectivity index (χ0v) is 16.9. The summed E-state index contributed by atoms with van der Waals surface area (Å²) in [6, 6.07) is 8.76. The molecule has 0 saturated carbocycles. The van der Waals surface area contributed by atoms with Crippen molar-refractivity contribution in [1.82, 2.24) is 4.90 Å². The summed E-state index contributed by atoms with van der Waals surface area (Å²) in [6.45, 7) is 6.83. The van der Waals surface area contributed by atoms with Gasteiger partial charge in [-0.05, 0) is 44.5 Å². The Morgan fingerprint density at radius 3 is 2.35 bits per heavy atom. The van der Waals surface area contributed by atoms with Crippen LogP contribution in [0.1, 0.15) is 25.7 Å². The zero-order valence-electron chi connectivity index (χ0n) is 13.5. The van der Waals surface area contributed by atoms with Crippen LogP contribution in [-0.2, 0) is 0 Å². The molecule has 0 N–H and O–H groups in total. The molecule has 1 aromatic rings. The number of halogens is 2. The van der Waals surface area contributed by atoms with Crippen molar-refractivity contribution in [1.29, 1.82) is 0 Å². The van der Waals surface area contributed by atoms with E-state index in [1.807, 2.05) is 0 Å². The van der Waals surface area contributed by atoms with E-state index >= 15 is 0 Å². The number of nitrogens with zero attached hydrogens (tertiary/aromatic N) is 4. The molecular weight excluding hydrogens is 420 g/mol. The molecule has 1 saturated heterocycles. The molecule has 0 spiro atoms. The molecule has 0 amide bonds. The van der Waals surface area contributed by atoms with Gasteiger partial charge in [-0.2, -0.15) is 0 Å². The summed E-state index contributed by atoms with van der Waals surface area (Å²) in [5, 5.41) is 0. The molecule has 0 atom stereocenters. The fourth-order valence-corrected chi connectivity index (χ4v) is 3.73. The van der Waals surface area contributed by atoms with Crippen molar-refractivity contribution in [3.8, 4) is 0 Å². The summed E-state index contributed by atoms with van der Waals surface area (Å²) >= 11 is 0. The highest BCUT2D eigenvalue weighted by atomic mass is 79.9. The van der Waals surface area contributed by atoms with Crippen LogP contribution in [0.4, 0.5) is 11.4 Å². The Balaban J connectivity index is 0.000000960. The second kappa shape index (κ2) is 8.49. The number of benzene rings is 1. The monoisotopic (exact) mass is 444 g/mol. The average molecular weight is 446 g/mol. The van der Waals surface area contributed by atoms with Crippen LogP contribution >= 0.6 is 34.0 Å². The molecule has 3 aliphatic rings. The molecule has 0 bridgehead atoms. The highest BCUT2D eigenvalue weighted by Gasteiger charge is 2.33. The number of fused-ring (bicyclic) bond motifs is 3. The van der Waals surface area contributed by atoms with E-state index in [0.29, 0.717) is 0 Å². The SMILES string of the molecule is Br.Br.c1ccc2c(c1)N1CCCN=C1N2CCN1CCCCC1. The fourth-order valence-electron chi connectivity index (χ4n) is 3.73. The third kappa shape index (κ3) is 3.74. The van der Waals surface area contributed by atoms with Gasteiger partial charge in [0.15, 0.2) is 0 Å². The number of piperidine rings is 1. The molecule has 0 aromatic heterocycles. The first kappa shape index (κ1) is 18.7. The van der Waals surface area contributed by atoms with Crippen molar-refractivity contribution >= 4 is 51.3 Å². The topological polar surface area (TPSA) is 22.1 Å². The summed E-state index contributed by atoms with van der Waals surface area (Å²) < 4.78 is 0. The van der Waals surface area contributed by atoms with Gasteiger partial charge in [-0.1, -0.05) is 18.6 Å². The lowest BCUT2D eigenvalue weighted by atomic mass is 10.1. The molecule has 4 nitrogen and oxygen atoms in total. The molecule has 4 rings (SSSR count). The first-order valence-electron chi connectivity index (χ1n) is 8.34. The molecule has 128 valence electrons. The smallest absolute Gasteiger partial charge is 0.205 e. The van der Waals surface area contributed by atoms with E-state index in [1.54, 1.807) is 0 Å². The van der Waals surface area contributed by atoms with Crippen molar-refractivity contribution < 1.29 is 0 Å².